The van der Waals surface area contributed by atoms with Crippen molar-refractivity contribution in [3.8, 4) is 5.75 Å². The Kier molecular flexibility index (Phi) is 6.06. The molecular weight excluding hydrogens is 383 g/mol. The largest absolute Gasteiger partial charge is 0.497 e. The Bertz CT molecular complexity index is 923. The highest BCUT2D eigenvalue weighted by Gasteiger charge is 2.39. The van der Waals surface area contributed by atoms with Crippen molar-refractivity contribution in [3.05, 3.63) is 77.4 Å². The van der Waals surface area contributed by atoms with Crippen molar-refractivity contribution in [2.24, 2.45) is 0 Å². The van der Waals surface area contributed by atoms with E-state index in [0.29, 0.717) is 30.7 Å². The highest BCUT2D eigenvalue weighted by molar-refractivity contribution is 6.07. The molecule has 1 saturated heterocycles. The average molecular weight is 403 g/mol. The molecule has 1 aliphatic heterocycles. The van der Waals surface area contributed by atoms with E-state index < -0.39 is 23.7 Å². The van der Waals surface area contributed by atoms with Crippen LogP contribution in [0.4, 0.5) is 13.2 Å². The summed E-state index contributed by atoms with van der Waals surface area (Å²) in [6, 6.07) is 11.3. The van der Waals surface area contributed by atoms with Gasteiger partial charge in [-0.15, -0.1) is 0 Å². The van der Waals surface area contributed by atoms with Gasteiger partial charge in [-0.25, -0.2) is 0 Å². The van der Waals surface area contributed by atoms with Crippen molar-refractivity contribution in [1.82, 2.24) is 4.90 Å². The van der Waals surface area contributed by atoms with Crippen LogP contribution < -0.4 is 4.74 Å². The summed E-state index contributed by atoms with van der Waals surface area (Å²) in [5, 5.41) is 0. The molecule has 7 heteroatoms. The molecule has 1 unspecified atom stereocenters. The second-order valence-corrected chi connectivity index (χ2v) is 6.70. The van der Waals surface area contributed by atoms with E-state index in [-0.39, 0.29) is 11.3 Å². The topological polar surface area (TPSA) is 46.6 Å². The van der Waals surface area contributed by atoms with Crippen LogP contribution in [0.2, 0.25) is 0 Å². The highest BCUT2D eigenvalue weighted by atomic mass is 19.4. The predicted molar refractivity (Wildman–Crippen MR) is 102 cm³/mol. The molecule has 152 valence electrons. The number of hydrogen-bond acceptors (Lipinski definition) is 3. The van der Waals surface area contributed by atoms with Gasteiger partial charge in [0.1, 0.15) is 5.75 Å². The zero-order chi connectivity index (χ0) is 21.0. The normalized spacial score (nSPS) is 17.0. The SMILES string of the molecule is COc1ccc(C(F)(F)F)c(C2CCCN2C(=O)/C=C/C(=O)c2ccccc2)c1. The van der Waals surface area contributed by atoms with Gasteiger partial charge in [0.25, 0.3) is 0 Å². The second kappa shape index (κ2) is 8.51. The van der Waals surface area contributed by atoms with Gasteiger partial charge in [0.15, 0.2) is 5.78 Å². The lowest BCUT2D eigenvalue weighted by molar-refractivity contribution is -0.139. The average Bonchev–Trinajstić information content (AvgIpc) is 3.21. The Hall–Kier alpha value is -3.09. The number of halogens is 3. The van der Waals surface area contributed by atoms with Gasteiger partial charge < -0.3 is 9.64 Å². The first-order valence-electron chi connectivity index (χ1n) is 9.14. The van der Waals surface area contributed by atoms with Crippen LogP contribution in [0.25, 0.3) is 0 Å². The highest BCUT2D eigenvalue weighted by Crippen LogP contribution is 2.41. The summed E-state index contributed by atoms with van der Waals surface area (Å²) in [5.41, 5.74) is -0.348. The molecule has 0 bridgehead atoms. The predicted octanol–water partition coefficient (Wildman–Crippen LogP) is 4.82. The Labute approximate surface area is 166 Å². The molecular formula is C22H20F3NO3. The van der Waals surface area contributed by atoms with Crippen LogP contribution in [-0.4, -0.2) is 30.2 Å². The lowest BCUT2D eigenvalue weighted by Crippen LogP contribution is -2.30. The molecule has 1 atom stereocenters. The molecule has 0 spiro atoms. The lowest BCUT2D eigenvalue weighted by Gasteiger charge is -2.27. The van der Waals surface area contributed by atoms with E-state index in [4.69, 9.17) is 4.74 Å². The number of ether oxygens (including phenoxy) is 1. The number of alkyl halides is 3. The summed E-state index contributed by atoms with van der Waals surface area (Å²) in [5.74, 6) is -0.540. The van der Waals surface area contributed by atoms with E-state index in [1.807, 2.05) is 0 Å². The number of methoxy groups -OCH3 is 1. The quantitative estimate of drug-likeness (QED) is 0.531. The van der Waals surface area contributed by atoms with Gasteiger partial charge in [-0.2, -0.15) is 13.2 Å². The van der Waals surface area contributed by atoms with Crippen molar-refractivity contribution in [2.75, 3.05) is 13.7 Å². The molecule has 1 aliphatic rings. The van der Waals surface area contributed by atoms with Crippen LogP contribution in [0, 0.1) is 0 Å². The molecule has 1 fully saturated rings. The third-order valence-corrected chi connectivity index (χ3v) is 4.89. The molecule has 0 aliphatic carbocycles. The minimum absolute atomic E-state index is 0.00508. The number of allylic oxidation sites excluding steroid dienone is 1. The first-order valence-corrected chi connectivity index (χ1v) is 9.14. The monoisotopic (exact) mass is 403 g/mol. The van der Waals surface area contributed by atoms with Gasteiger partial charge in [0.2, 0.25) is 5.91 Å². The Balaban J connectivity index is 1.86. The standard InChI is InChI=1S/C22H20F3NO3/c1-29-16-9-10-18(22(23,24)25)17(14-16)19-8-5-13-26(19)21(28)12-11-20(27)15-6-3-2-4-7-15/h2-4,6-7,9-12,14,19H,5,8,13H2,1H3/b12-11+. The summed E-state index contributed by atoms with van der Waals surface area (Å²) in [6.45, 7) is 0.321. The Morgan fingerprint density at radius 1 is 1.10 bits per heavy atom. The number of hydrogen-bond donors (Lipinski definition) is 0. The van der Waals surface area contributed by atoms with Gasteiger partial charge in [0, 0.05) is 18.2 Å². The molecule has 0 aromatic heterocycles. The molecule has 2 aromatic carbocycles. The molecule has 3 rings (SSSR count). The lowest BCUT2D eigenvalue weighted by atomic mass is 9.97. The molecule has 4 nitrogen and oxygen atoms in total. The summed E-state index contributed by atoms with van der Waals surface area (Å²) in [4.78, 5) is 26.2. The fraction of sp³-hybridized carbons (Fsp3) is 0.273. The molecule has 0 saturated carbocycles. The molecule has 1 heterocycles. The van der Waals surface area contributed by atoms with Crippen LogP contribution in [-0.2, 0) is 11.0 Å². The van der Waals surface area contributed by atoms with E-state index in [1.54, 1.807) is 30.3 Å². The van der Waals surface area contributed by atoms with Crippen LogP contribution in [0.15, 0.2) is 60.7 Å². The molecule has 2 aromatic rings. The number of nitrogens with zero attached hydrogens (tertiary/aromatic N) is 1. The van der Waals surface area contributed by atoms with Crippen molar-refractivity contribution >= 4 is 11.7 Å². The first kappa shape index (κ1) is 20.6. The Morgan fingerprint density at radius 2 is 1.83 bits per heavy atom. The van der Waals surface area contributed by atoms with E-state index in [1.165, 1.54) is 24.1 Å². The van der Waals surface area contributed by atoms with Crippen molar-refractivity contribution in [2.45, 2.75) is 25.1 Å². The number of benzene rings is 2. The van der Waals surface area contributed by atoms with E-state index >= 15 is 0 Å². The van der Waals surface area contributed by atoms with Crippen LogP contribution in [0.3, 0.4) is 0 Å². The van der Waals surface area contributed by atoms with Gasteiger partial charge in [-0.1, -0.05) is 30.3 Å². The zero-order valence-corrected chi connectivity index (χ0v) is 15.8. The van der Waals surface area contributed by atoms with Crippen molar-refractivity contribution < 1.29 is 27.5 Å². The number of carbonyl (C=O) groups is 2. The molecule has 0 N–H and O–H groups in total. The van der Waals surface area contributed by atoms with Crippen LogP contribution >= 0.6 is 0 Å². The van der Waals surface area contributed by atoms with E-state index in [2.05, 4.69) is 0 Å². The van der Waals surface area contributed by atoms with Gasteiger partial charge in [-0.3, -0.25) is 9.59 Å². The van der Waals surface area contributed by atoms with Crippen LogP contribution in [0.1, 0.15) is 40.4 Å². The smallest absolute Gasteiger partial charge is 0.416 e. The van der Waals surface area contributed by atoms with Crippen molar-refractivity contribution in [1.29, 1.82) is 0 Å². The summed E-state index contributed by atoms with van der Waals surface area (Å²) >= 11 is 0. The zero-order valence-electron chi connectivity index (χ0n) is 15.8. The van der Waals surface area contributed by atoms with Crippen molar-refractivity contribution in [3.63, 3.8) is 0 Å². The minimum Gasteiger partial charge on any atom is -0.497 e. The maximum absolute atomic E-state index is 13.5. The molecule has 29 heavy (non-hydrogen) atoms. The maximum Gasteiger partial charge on any atom is 0.416 e. The fourth-order valence-electron chi connectivity index (χ4n) is 3.50. The summed E-state index contributed by atoms with van der Waals surface area (Å²) in [6.07, 6.45) is -1.28. The molecule has 0 radical (unpaired) electrons. The van der Waals surface area contributed by atoms with Gasteiger partial charge in [-0.05, 0) is 42.7 Å². The summed E-state index contributed by atoms with van der Waals surface area (Å²) in [7, 11) is 1.38. The van der Waals surface area contributed by atoms with E-state index in [0.717, 1.165) is 18.2 Å². The number of amides is 1. The van der Waals surface area contributed by atoms with Gasteiger partial charge >= 0.3 is 6.18 Å². The van der Waals surface area contributed by atoms with E-state index in [9.17, 15) is 22.8 Å². The first-order chi connectivity index (χ1) is 13.8. The molecule has 1 amide bonds. The number of likely N-dealkylation sites (tertiary alicyclic amines) is 1. The van der Waals surface area contributed by atoms with Crippen LogP contribution in [0.5, 0.6) is 5.75 Å². The number of rotatable bonds is 5. The summed E-state index contributed by atoms with van der Waals surface area (Å²) < 4.78 is 45.6. The second-order valence-electron chi connectivity index (χ2n) is 6.70. The third kappa shape index (κ3) is 4.67. The maximum atomic E-state index is 13.5. The number of ketones is 1. The fourth-order valence-corrected chi connectivity index (χ4v) is 3.50. The minimum atomic E-state index is -4.54. The Morgan fingerprint density at radius 3 is 2.48 bits per heavy atom. The van der Waals surface area contributed by atoms with Gasteiger partial charge in [0.05, 0.1) is 18.7 Å². The number of carbonyl (C=O) groups excluding carboxylic acids is 2. The third-order valence-electron chi connectivity index (χ3n) is 4.89.